The zero-order valence-electron chi connectivity index (χ0n) is 35.8. The Morgan fingerprint density at radius 3 is 1.72 bits per heavy atom. The number of furan rings is 1. The summed E-state index contributed by atoms with van der Waals surface area (Å²) in [6.07, 6.45) is 0. The second kappa shape index (κ2) is 13.4. The van der Waals surface area contributed by atoms with Crippen molar-refractivity contribution >= 4 is 39.0 Å². The van der Waals surface area contributed by atoms with Crippen LogP contribution in [0, 0.1) is 0 Å². The molecule has 0 fully saturated rings. The van der Waals surface area contributed by atoms with E-state index in [2.05, 4.69) is 138 Å². The summed E-state index contributed by atoms with van der Waals surface area (Å²) in [4.78, 5) is 2.22. The van der Waals surface area contributed by atoms with Crippen molar-refractivity contribution in [2.45, 2.75) is 5.41 Å². The fourth-order valence-corrected chi connectivity index (χ4v) is 8.89. The molecule has 0 saturated carbocycles. The minimum absolute atomic E-state index is 0.172. The first-order valence-corrected chi connectivity index (χ1v) is 19.2. The average molecular weight is 733 g/mol. The third-order valence-electron chi connectivity index (χ3n) is 11.5. The quantitative estimate of drug-likeness (QED) is 0.162. The predicted molar refractivity (Wildman–Crippen MR) is 237 cm³/mol. The summed E-state index contributed by atoms with van der Waals surface area (Å²) >= 11 is 0. The van der Waals surface area contributed by atoms with Crippen LogP contribution in [-0.2, 0) is 5.41 Å². The fraction of sp³-hybridized carbons (Fsp3) is 0.0182. The smallest absolute Gasteiger partial charge is 0.135 e. The van der Waals surface area contributed by atoms with Crippen LogP contribution in [0.3, 0.4) is 0 Å². The number of fused-ring (bicyclic) bond motifs is 6. The Kier molecular flexibility index (Phi) is 6.60. The van der Waals surface area contributed by atoms with E-state index in [4.69, 9.17) is 11.3 Å². The molecule has 57 heavy (non-hydrogen) atoms. The molecule has 0 amide bonds. The van der Waals surface area contributed by atoms with Crippen LogP contribution in [0.25, 0.3) is 55.3 Å². The Labute approximate surface area is 339 Å². The molecule has 1 aromatic heterocycles. The van der Waals surface area contributed by atoms with E-state index in [1.54, 1.807) is 0 Å². The largest absolute Gasteiger partial charge is 0.456 e. The second-order valence-corrected chi connectivity index (χ2v) is 14.5. The van der Waals surface area contributed by atoms with E-state index >= 15 is 0 Å². The summed E-state index contributed by atoms with van der Waals surface area (Å²) in [6.45, 7) is 0. The Bertz CT molecular complexity index is 3320. The van der Waals surface area contributed by atoms with Crippen molar-refractivity contribution in [3.63, 3.8) is 0 Å². The molecular weight excluding hydrogens is 691 g/mol. The SMILES string of the molecule is [2H]c1c([2H])c([2H])c(-c2ccc(N(c3ccc(-c4ccccc4)cc3)c3ccc4c(c3)C(c3ccccc3)(c3ccc5c(c3)oc3ccccc35)c3ccccc3-4)cc2)c([2H])c1[2H]. The zero-order chi connectivity index (χ0) is 42.1. The van der Waals surface area contributed by atoms with Crippen molar-refractivity contribution in [2.24, 2.45) is 0 Å². The van der Waals surface area contributed by atoms with Crippen molar-refractivity contribution in [2.75, 3.05) is 4.90 Å². The highest BCUT2D eigenvalue weighted by Crippen LogP contribution is 2.57. The summed E-state index contributed by atoms with van der Waals surface area (Å²) < 4.78 is 48.6. The molecule has 1 heterocycles. The first kappa shape index (κ1) is 28.1. The fourth-order valence-electron chi connectivity index (χ4n) is 8.89. The number of rotatable bonds is 7. The number of hydrogen-bond acceptors (Lipinski definition) is 2. The lowest BCUT2D eigenvalue weighted by atomic mass is 9.67. The molecule has 11 rings (SSSR count). The van der Waals surface area contributed by atoms with Gasteiger partial charge in [0.15, 0.2) is 0 Å². The predicted octanol–water partition coefficient (Wildman–Crippen LogP) is 14.8. The molecular formula is C55H37NO. The monoisotopic (exact) mass is 732 g/mol. The van der Waals surface area contributed by atoms with Crippen molar-refractivity contribution in [1.82, 2.24) is 0 Å². The molecule has 1 unspecified atom stereocenters. The molecule has 0 N–H and O–H groups in total. The molecule has 2 nitrogen and oxygen atoms in total. The van der Waals surface area contributed by atoms with Crippen molar-refractivity contribution in [1.29, 1.82) is 0 Å². The minimum Gasteiger partial charge on any atom is -0.456 e. The highest BCUT2D eigenvalue weighted by atomic mass is 16.3. The molecule has 0 spiro atoms. The maximum Gasteiger partial charge on any atom is 0.135 e. The Hall–Kier alpha value is -7.42. The number of anilines is 3. The van der Waals surface area contributed by atoms with Crippen LogP contribution in [0.5, 0.6) is 0 Å². The molecule has 1 aliphatic carbocycles. The van der Waals surface area contributed by atoms with Gasteiger partial charge in [-0.1, -0.05) is 176 Å². The van der Waals surface area contributed by atoms with Gasteiger partial charge in [0.25, 0.3) is 0 Å². The third-order valence-corrected chi connectivity index (χ3v) is 11.5. The maximum absolute atomic E-state index is 8.66. The summed E-state index contributed by atoms with van der Waals surface area (Å²) in [5, 5.41) is 2.16. The van der Waals surface area contributed by atoms with Gasteiger partial charge in [0.05, 0.1) is 12.3 Å². The molecule has 0 radical (unpaired) electrons. The van der Waals surface area contributed by atoms with Gasteiger partial charge in [0, 0.05) is 27.8 Å². The molecule has 9 aromatic carbocycles. The van der Waals surface area contributed by atoms with Crippen molar-refractivity contribution in [3.8, 4) is 33.4 Å². The van der Waals surface area contributed by atoms with Crippen LogP contribution in [0.2, 0.25) is 0 Å². The summed E-state index contributed by atoms with van der Waals surface area (Å²) in [7, 11) is 0. The van der Waals surface area contributed by atoms with E-state index in [0.717, 1.165) is 72.4 Å². The minimum atomic E-state index is -0.704. The van der Waals surface area contributed by atoms with Crippen LogP contribution in [0.4, 0.5) is 17.1 Å². The molecule has 1 atom stereocenters. The molecule has 268 valence electrons. The van der Waals surface area contributed by atoms with Gasteiger partial charge in [0.2, 0.25) is 0 Å². The van der Waals surface area contributed by atoms with Gasteiger partial charge in [-0.2, -0.15) is 0 Å². The van der Waals surface area contributed by atoms with Gasteiger partial charge in [-0.25, -0.2) is 0 Å². The third kappa shape index (κ3) is 5.33. The summed E-state index contributed by atoms with van der Waals surface area (Å²) in [6, 6.07) is 65.9. The normalized spacial score (nSPS) is 15.6. The highest BCUT2D eigenvalue weighted by molar-refractivity contribution is 6.05. The standard InChI is InChI=1S/C55H37NO/c1-4-14-38(15-5-1)40-24-29-44(30-25-40)56(45-31-26-41(27-32-45)39-16-6-2-7-17-39)46-33-35-48-47-20-10-12-22-51(47)55(52(48)37-46,42-18-8-3-9-19-42)43-28-34-50-49-21-11-13-23-53(49)57-54(50)36-43/h1-37H/i1D,4D,5D,14D,15D. The van der Waals surface area contributed by atoms with Crippen LogP contribution in [0.15, 0.2) is 229 Å². The molecule has 10 aromatic rings. The molecule has 0 saturated heterocycles. The maximum atomic E-state index is 8.66. The van der Waals surface area contributed by atoms with Crippen LogP contribution in [-0.4, -0.2) is 0 Å². The summed E-state index contributed by atoms with van der Waals surface area (Å²) in [5.74, 6) is 0. The molecule has 0 aliphatic heterocycles. The van der Waals surface area contributed by atoms with Crippen LogP contribution >= 0.6 is 0 Å². The van der Waals surface area contributed by atoms with Crippen molar-refractivity contribution < 1.29 is 11.3 Å². The van der Waals surface area contributed by atoms with Crippen LogP contribution < -0.4 is 4.90 Å². The lowest BCUT2D eigenvalue weighted by Crippen LogP contribution is -2.28. The van der Waals surface area contributed by atoms with E-state index in [0.29, 0.717) is 5.56 Å². The van der Waals surface area contributed by atoms with Gasteiger partial charge < -0.3 is 9.32 Å². The van der Waals surface area contributed by atoms with Gasteiger partial charge >= 0.3 is 0 Å². The van der Waals surface area contributed by atoms with Gasteiger partial charge in [-0.15, -0.1) is 0 Å². The lowest BCUT2D eigenvalue weighted by Gasteiger charge is -2.35. The number of benzene rings is 9. The Morgan fingerprint density at radius 1 is 0.386 bits per heavy atom. The zero-order valence-corrected chi connectivity index (χ0v) is 30.8. The number of para-hydroxylation sites is 1. The number of nitrogens with zero attached hydrogens (tertiary/aromatic N) is 1. The molecule has 0 bridgehead atoms. The van der Waals surface area contributed by atoms with Crippen molar-refractivity contribution in [3.05, 3.63) is 247 Å². The van der Waals surface area contributed by atoms with Gasteiger partial charge in [0.1, 0.15) is 11.2 Å². The Balaban J connectivity index is 1.13. The first-order valence-electron chi connectivity index (χ1n) is 21.7. The van der Waals surface area contributed by atoms with Crippen LogP contribution in [0.1, 0.15) is 29.1 Å². The first-order chi connectivity index (χ1) is 30.3. The number of hydrogen-bond donors (Lipinski definition) is 0. The average Bonchev–Trinajstić information content (AvgIpc) is 3.85. The molecule has 2 heteroatoms. The lowest BCUT2D eigenvalue weighted by molar-refractivity contribution is 0.665. The summed E-state index contributed by atoms with van der Waals surface area (Å²) in [5.41, 5.74) is 13.5. The van der Waals surface area contributed by atoms with E-state index in [1.165, 1.54) is 11.1 Å². The highest BCUT2D eigenvalue weighted by Gasteiger charge is 2.46. The molecule has 1 aliphatic rings. The van der Waals surface area contributed by atoms with E-state index in [9.17, 15) is 0 Å². The van der Waals surface area contributed by atoms with E-state index in [1.807, 2.05) is 60.7 Å². The van der Waals surface area contributed by atoms with E-state index in [-0.39, 0.29) is 29.7 Å². The Morgan fingerprint density at radius 2 is 0.965 bits per heavy atom. The topological polar surface area (TPSA) is 16.4 Å². The van der Waals surface area contributed by atoms with Gasteiger partial charge in [-0.3, -0.25) is 0 Å². The van der Waals surface area contributed by atoms with E-state index < -0.39 is 11.5 Å². The van der Waals surface area contributed by atoms with Gasteiger partial charge in [-0.05, 0) is 104 Å². The second-order valence-electron chi connectivity index (χ2n) is 14.5.